The van der Waals surface area contributed by atoms with Crippen LogP contribution < -0.4 is 0 Å². The molecule has 146 valence electrons. The molecule has 0 aromatic rings. The summed E-state index contributed by atoms with van der Waals surface area (Å²) in [5.74, 6) is 0.406. The second-order valence-electron chi connectivity index (χ2n) is 8.91. The van der Waals surface area contributed by atoms with Crippen LogP contribution in [0, 0.1) is 23.2 Å². The first-order valence-corrected chi connectivity index (χ1v) is 10.4. The molecule has 4 heteroatoms. The van der Waals surface area contributed by atoms with E-state index in [4.69, 9.17) is 5.11 Å². The molecule has 3 saturated carbocycles. The number of aliphatic hydroxyl groups excluding tert-OH is 2. The lowest BCUT2D eigenvalue weighted by Crippen LogP contribution is -2.51. The molecule has 0 radical (unpaired) electrons. The molecule has 0 bridgehead atoms. The smallest absolute Gasteiger partial charge is 0.303 e. The summed E-state index contributed by atoms with van der Waals surface area (Å²) in [4.78, 5) is 10.7. The van der Waals surface area contributed by atoms with Gasteiger partial charge in [0.05, 0.1) is 12.2 Å². The van der Waals surface area contributed by atoms with Crippen molar-refractivity contribution >= 4 is 5.97 Å². The molecule has 0 aromatic carbocycles. The fourth-order valence-electron chi connectivity index (χ4n) is 5.49. The van der Waals surface area contributed by atoms with E-state index in [1.54, 1.807) is 0 Å². The van der Waals surface area contributed by atoms with Crippen molar-refractivity contribution in [3.8, 4) is 0 Å². The van der Waals surface area contributed by atoms with Gasteiger partial charge in [0.2, 0.25) is 0 Å². The second-order valence-corrected chi connectivity index (χ2v) is 8.91. The third kappa shape index (κ3) is 4.23. The van der Waals surface area contributed by atoms with Gasteiger partial charge in [0, 0.05) is 12.3 Å². The minimum atomic E-state index is -0.751. The average molecular weight is 363 g/mol. The van der Waals surface area contributed by atoms with Crippen LogP contribution in [0.2, 0.25) is 0 Å². The Kier molecular flexibility index (Phi) is 6.24. The van der Waals surface area contributed by atoms with Gasteiger partial charge < -0.3 is 15.3 Å². The van der Waals surface area contributed by atoms with Gasteiger partial charge >= 0.3 is 5.97 Å². The zero-order valence-corrected chi connectivity index (χ0v) is 15.9. The number of hydrogen-bond donors (Lipinski definition) is 3. The van der Waals surface area contributed by atoms with E-state index in [0.717, 1.165) is 25.7 Å². The minimum Gasteiger partial charge on any atom is -0.481 e. The summed E-state index contributed by atoms with van der Waals surface area (Å²) in [6.07, 6.45) is 14.7. The van der Waals surface area contributed by atoms with Gasteiger partial charge in [0.1, 0.15) is 0 Å². The van der Waals surface area contributed by atoms with Crippen LogP contribution in [0.25, 0.3) is 0 Å². The van der Waals surface area contributed by atoms with Gasteiger partial charge in [0.25, 0.3) is 0 Å². The first kappa shape index (κ1) is 19.6. The van der Waals surface area contributed by atoms with E-state index in [-0.39, 0.29) is 23.9 Å². The Bertz CT molecular complexity index is 560. The third-order valence-electron chi connectivity index (χ3n) is 7.21. The molecule has 0 amide bonds. The van der Waals surface area contributed by atoms with Crippen LogP contribution in [-0.2, 0) is 4.79 Å². The van der Waals surface area contributed by atoms with Crippen LogP contribution in [0.15, 0.2) is 23.8 Å². The Morgan fingerprint density at radius 3 is 2.73 bits per heavy atom. The Hall–Kier alpha value is -1.13. The predicted octanol–water partition coefficient (Wildman–Crippen LogP) is 4.07. The van der Waals surface area contributed by atoms with Crippen molar-refractivity contribution in [2.75, 3.05) is 0 Å². The molecule has 3 fully saturated rings. The number of aliphatic carboxylic acids is 1. The number of fused-ring (bicyclic) bond motifs is 1. The maximum Gasteiger partial charge on any atom is 0.303 e. The highest BCUT2D eigenvalue weighted by atomic mass is 16.4. The molecule has 0 heterocycles. The number of hydrogen-bond acceptors (Lipinski definition) is 3. The van der Waals surface area contributed by atoms with Crippen molar-refractivity contribution in [2.45, 2.75) is 83.3 Å². The molecule has 0 aromatic heterocycles. The predicted molar refractivity (Wildman–Crippen MR) is 102 cm³/mol. The molecule has 0 spiro atoms. The van der Waals surface area contributed by atoms with Crippen molar-refractivity contribution in [3.05, 3.63) is 23.8 Å². The SMILES string of the molecule is C[C@@]12CC[C@H](O)[C@@H](C=CC(O)CC3CCCC3)[C@@H]1CC2=CCCC(=O)O. The lowest BCUT2D eigenvalue weighted by atomic mass is 9.48. The van der Waals surface area contributed by atoms with Crippen LogP contribution in [0.5, 0.6) is 0 Å². The van der Waals surface area contributed by atoms with Crippen LogP contribution in [0.3, 0.4) is 0 Å². The van der Waals surface area contributed by atoms with E-state index >= 15 is 0 Å². The Balaban J connectivity index is 1.59. The molecule has 26 heavy (non-hydrogen) atoms. The number of carboxylic acids is 1. The summed E-state index contributed by atoms with van der Waals surface area (Å²) in [5, 5.41) is 29.7. The molecular formula is C22H34O4. The van der Waals surface area contributed by atoms with E-state index in [0.29, 0.717) is 18.3 Å². The number of rotatable bonds is 7. The number of allylic oxidation sites excluding steroid dienone is 2. The Labute approximate surface area is 157 Å². The maximum absolute atomic E-state index is 10.7. The summed E-state index contributed by atoms with van der Waals surface area (Å²) in [6.45, 7) is 2.26. The molecule has 0 aliphatic heterocycles. The highest BCUT2D eigenvalue weighted by molar-refractivity contribution is 5.66. The normalized spacial score (nSPS) is 37.7. The highest BCUT2D eigenvalue weighted by Crippen LogP contribution is 2.61. The second kappa shape index (κ2) is 8.26. The summed E-state index contributed by atoms with van der Waals surface area (Å²) >= 11 is 0. The van der Waals surface area contributed by atoms with Gasteiger partial charge in [-0.3, -0.25) is 4.79 Å². The van der Waals surface area contributed by atoms with E-state index in [1.165, 1.54) is 31.3 Å². The molecule has 5 atom stereocenters. The number of carbonyl (C=O) groups is 1. The molecule has 3 N–H and O–H groups in total. The summed E-state index contributed by atoms with van der Waals surface area (Å²) in [6, 6.07) is 0. The third-order valence-corrected chi connectivity index (χ3v) is 7.21. The van der Waals surface area contributed by atoms with Crippen molar-refractivity contribution in [3.63, 3.8) is 0 Å². The summed E-state index contributed by atoms with van der Waals surface area (Å²) in [7, 11) is 0. The van der Waals surface area contributed by atoms with Crippen LogP contribution >= 0.6 is 0 Å². The van der Waals surface area contributed by atoms with Gasteiger partial charge in [-0.05, 0) is 49.4 Å². The van der Waals surface area contributed by atoms with Crippen molar-refractivity contribution in [2.24, 2.45) is 23.2 Å². The summed E-state index contributed by atoms with van der Waals surface area (Å²) < 4.78 is 0. The first-order chi connectivity index (χ1) is 12.4. The molecule has 3 rings (SSSR count). The fraction of sp³-hybridized carbons (Fsp3) is 0.773. The highest BCUT2D eigenvalue weighted by Gasteiger charge is 2.53. The first-order valence-electron chi connectivity index (χ1n) is 10.4. The molecule has 4 nitrogen and oxygen atoms in total. The van der Waals surface area contributed by atoms with Crippen molar-refractivity contribution in [1.29, 1.82) is 0 Å². The van der Waals surface area contributed by atoms with Crippen molar-refractivity contribution < 1.29 is 20.1 Å². The van der Waals surface area contributed by atoms with Crippen molar-refractivity contribution in [1.82, 2.24) is 0 Å². The fourth-order valence-corrected chi connectivity index (χ4v) is 5.49. The average Bonchev–Trinajstić information content (AvgIpc) is 3.08. The quantitative estimate of drug-likeness (QED) is 0.597. The molecule has 3 aliphatic rings. The molecule has 3 aliphatic carbocycles. The number of aliphatic hydroxyl groups is 2. The lowest BCUT2D eigenvalue weighted by molar-refractivity contribution is -0.136. The topological polar surface area (TPSA) is 77.8 Å². The van der Waals surface area contributed by atoms with E-state index in [9.17, 15) is 15.0 Å². The minimum absolute atomic E-state index is 0.0865. The monoisotopic (exact) mass is 362 g/mol. The number of carboxylic acid groups (broad SMARTS) is 1. The van der Waals surface area contributed by atoms with Gasteiger partial charge in [-0.2, -0.15) is 0 Å². The van der Waals surface area contributed by atoms with Gasteiger partial charge in [-0.25, -0.2) is 0 Å². The maximum atomic E-state index is 10.7. The van der Waals surface area contributed by atoms with Crippen LogP contribution in [0.4, 0.5) is 0 Å². The largest absolute Gasteiger partial charge is 0.481 e. The van der Waals surface area contributed by atoms with E-state index in [1.807, 2.05) is 6.08 Å². The zero-order chi connectivity index (χ0) is 18.7. The standard InChI is InChI=1S/C22H34O4/c1-22-12-11-20(24)18(10-9-17(23)13-15-5-2-3-6-15)19(22)14-16(22)7-4-8-21(25)26/h7,9-10,15,17-20,23-24H,2-6,8,11-14H2,1H3,(H,25,26)/t17?,18-,19-,20-,22-/m0/s1. The lowest BCUT2D eigenvalue weighted by Gasteiger charge is -2.57. The zero-order valence-electron chi connectivity index (χ0n) is 15.9. The molecule has 1 unspecified atom stereocenters. The Morgan fingerprint density at radius 1 is 1.31 bits per heavy atom. The van der Waals surface area contributed by atoms with E-state index in [2.05, 4.69) is 19.1 Å². The van der Waals surface area contributed by atoms with Gasteiger partial charge in [0.15, 0.2) is 0 Å². The van der Waals surface area contributed by atoms with Crippen LogP contribution in [-0.4, -0.2) is 33.5 Å². The van der Waals surface area contributed by atoms with Gasteiger partial charge in [-0.1, -0.05) is 56.4 Å². The molecule has 0 saturated heterocycles. The summed E-state index contributed by atoms with van der Waals surface area (Å²) in [5.41, 5.74) is 1.45. The molecular weight excluding hydrogens is 328 g/mol. The van der Waals surface area contributed by atoms with Gasteiger partial charge in [-0.15, -0.1) is 0 Å². The van der Waals surface area contributed by atoms with Crippen LogP contribution in [0.1, 0.15) is 71.1 Å². The van der Waals surface area contributed by atoms with E-state index < -0.39 is 12.1 Å². The Morgan fingerprint density at radius 2 is 2.04 bits per heavy atom.